The van der Waals surface area contributed by atoms with Crippen LogP contribution >= 0.6 is 0 Å². The van der Waals surface area contributed by atoms with Gasteiger partial charge in [0.2, 0.25) is 0 Å². The van der Waals surface area contributed by atoms with E-state index in [-0.39, 0.29) is 18.1 Å². The van der Waals surface area contributed by atoms with Gasteiger partial charge >= 0.3 is 12.0 Å². The third kappa shape index (κ3) is 3.48. The Kier molecular flexibility index (Phi) is 4.97. The molecule has 0 aromatic heterocycles. The number of carbonyl (C=O) groups is 2. The van der Waals surface area contributed by atoms with Crippen LogP contribution in [-0.4, -0.2) is 25.2 Å². The van der Waals surface area contributed by atoms with Crippen LogP contribution in [0.2, 0.25) is 0 Å². The molecule has 0 bridgehead atoms. The van der Waals surface area contributed by atoms with Gasteiger partial charge < -0.3 is 20.1 Å². The zero-order valence-corrected chi connectivity index (χ0v) is 14.8. The highest BCUT2D eigenvalue weighted by Gasteiger charge is 2.36. The fraction of sp³-hybridized carbons (Fsp3) is 0.474. The number of para-hydroxylation sites is 1. The van der Waals surface area contributed by atoms with Crippen molar-refractivity contribution in [1.82, 2.24) is 10.6 Å². The number of nitrogens with one attached hydrogen (secondary N) is 2. The highest BCUT2D eigenvalue weighted by Crippen LogP contribution is 2.35. The van der Waals surface area contributed by atoms with Crippen LogP contribution in [0.4, 0.5) is 4.79 Å². The topological polar surface area (TPSA) is 76.7 Å². The first-order valence-electron chi connectivity index (χ1n) is 8.63. The summed E-state index contributed by atoms with van der Waals surface area (Å²) >= 11 is 0. The van der Waals surface area contributed by atoms with Crippen molar-refractivity contribution in [2.75, 3.05) is 7.11 Å². The molecule has 1 fully saturated rings. The van der Waals surface area contributed by atoms with E-state index in [2.05, 4.69) is 17.6 Å². The van der Waals surface area contributed by atoms with Gasteiger partial charge in [0, 0.05) is 11.3 Å². The molecule has 1 aliphatic carbocycles. The molecule has 6 heteroatoms. The minimum Gasteiger partial charge on any atom is -0.496 e. The summed E-state index contributed by atoms with van der Waals surface area (Å²) in [5, 5.41) is 5.49. The first kappa shape index (κ1) is 17.3. The number of hydrogen-bond donors (Lipinski definition) is 2. The normalized spacial score (nSPS) is 26.0. The van der Waals surface area contributed by atoms with Gasteiger partial charge in [-0.25, -0.2) is 9.59 Å². The van der Waals surface area contributed by atoms with Crippen LogP contribution in [0.5, 0.6) is 5.75 Å². The average molecular weight is 344 g/mol. The largest absolute Gasteiger partial charge is 0.496 e. The van der Waals surface area contributed by atoms with Crippen molar-refractivity contribution in [3.8, 4) is 5.75 Å². The lowest BCUT2D eigenvalue weighted by atomic mass is 9.94. The highest BCUT2D eigenvalue weighted by atomic mass is 16.5. The van der Waals surface area contributed by atoms with E-state index in [1.165, 1.54) is 0 Å². The van der Waals surface area contributed by atoms with Crippen LogP contribution < -0.4 is 15.4 Å². The second kappa shape index (κ2) is 7.17. The quantitative estimate of drug-likeness (QED) is 0.823. The van der Waals surface area contributed by atoms with E-state index < -0.39 is 6.04 Å². The molecule has 6 nitrogen and oxygen atoms in total. The van der Waals surface area contributed by atoms with Gasteiger partial charge in [0.25, 0.3) is 0 Å². The molecule has 0 unspecified atom stereocenters. The van der Waals surface area contributed by atoms with Crippen LogP contribution in [0.1, 0.15) is 44.7 Å². The highest BCUT2D eigenvalue weighted by molar-refractivity contribution is 5.95. The Morgan fingerprint density at radius 1 is 1.24 bits per heavy atom. The van der Waals surface area contributed by atoms with Crippen LogP contribution in [-0.2, 0) is 9.53 Å². The van der Waals surface area contributed by atoms with Crippen molar-refractivity contribution in [1.29, 1.82) is 0 Å². The fourth-order valence-corrected chi connectivity index (χ4v) is 3.59. The number of urea groups is 1. The summed E-state index contributed by atoms with van der Waals surface area (Å²) < 4.78 is 11.2. The van der Waals surface area contributed by atoms with E-state index in [9.17, 15) is 9.59 Å². The lowest BCUT2D eigenvalue weighted by Crippen LogP contribution is -2.45. The molecule has 0 saturated heterocycles. The summed E-state index contributed by atoms with van der Waals surface area (Å²) in [4.78, 5) is 24.9. The number of ether oxygens (including phenoxy) is 2. The zero-order valence-electron chi connectivity index (χ0n) is 14.8. The smallest absolute Gasteiger partial charge is 0.338 e. The fourth-order valence-electron chi connectivity index (χ4n) is 3.59. The molecule has 2 amide bonds. The molecular formula is C19H24N2O4. The summed E-state index contributed by atoms with van der Waals surface area (Å²) in [6.07, 6.45) is 2.96. The molecule has 1 heterocycles. The first-order chi connectivity index (χ1) is 12.0. The van der Waals surface area contributed by atoms with Crippen molar-refractivity contribution in [3.63, 3.8) is 0 Å². The second-order valence-corrected chi connectivity index (χ2v) is 6.66. The monoisotopic (exact) mass is 344 g/mol. The number of hydrogen-bond acceptors (Lipinski definition) is 4. The van der Waals surface area contributed by atoms with E-state index in [4.69, 9.17) is 9.47 Å². The van der Waals surface area contributed by atoms with Gasteiger partial charge in [-0.1, -0.05) is 25.1 Å². The number of allylic oxidation sites excluding steroid dienone is 1. The lowest BCUT2D eigenvalue weighted by Gasteiger charge is -2.30. The summed E-state index contributed by atoms with van der Waals surface area (Å²) in [6, 6.07) is 6.39. The number of methoxy groups -OCH3 is 1. The number of rotatable bonds is 4. The number of carbonyl (C=O) groups excluding carboxylic acids is 2. The van der Waals surface area contributed by atoms with Crippen LogP contribution in [0.15, 0.2) is 35.5 Å². The molecule has 2 N–H and O–H groups in total. The van der Waals surface area contributed by atoms with Crippen molar-refractivity contribution in [3.05, 3.63) is 41.1 Å². The van der Waals surface area contributed by atoms with Crippen LogP contribution in [0.3, 0.4) is 0 Å². The SMILES string of the molecule is COc1ccccc1[C@H]1NC(=O)NC(C)=C1C(=O)O[C@@H]1CCC[C@@H]1C. The second-order valence-electron chi connectivity index (χ2n) is 6.66. The Morgan fingerprint density at radius 2 is 2.00 bits per heavy atom. The summed E-state index contributed by atoms with van der Waals surface area (Å²) in [6.45, 7) is 3.82. The summed E-state index contributed by atoms with van der Waals surface area (Å²) in [7, 11) is 1.57. The molecule has 1 saturated carbocycles. The van der Waals surface area contributed by atoms with Gasteiger partial charge in [-0.2, -0.15) is 0 Å². The Bertz CT molecular complexity index is 713. The molecule has 0 spiro atoms. The summed E-state index contributed by atoms with van der Waals surface area (Å²) in [5.41, 5.74) is 1.66. The van der Waals surface area contributed by atoms with Gasteiger partial charge in [-0.05, 0) is 38.2 Å². The third-order valence-electron chi connectivity index (χ3n) is 4.98. The molecule has 25 heavy (non-hydrogen) atoms. The number of amides is 2. The predicted molar refractivity (Wildman–Crippen MR) is 93.0 cm³/mol. The minimum atomic E-state index is -0.603. The van der Waals surface area contributed by atoms with Crippen molar-refractivity contribution in [2.24, 2.45) is 5.92 Å². The standard InChI is InChI=1S/C19H24N2O4/c1-11-7-6-10-14(11)25-18(22)16-12(2)20-19(23)21-17(16)13-8-4-5-9-15(13)24-3/h4-5,8-9,11,14,17H,6-7,10H2,1-3H3,(H2,20,21,23)/t11-,14+,17+/m0/s1. The van der Waals surface area contributed by atoms with Crippen molar-refractivity contribution < 1.29 is 19.1 Å². The number of esters is 1. The molecule has 2 aliphatic rings. The Morgan fingerprint density at radius 3 is 2.68 bits per heavy atom. The Hall–Kier alpha value is -2.50. The van der Waals surface area contributed by atoms with Gasteiger partial charge in [0.05, 0.1) is 18.7 Å². The molecule has 1 aromatic rings. The molecule has 0 radical (unpaired) electrons. The summed E-state index contributed by atoms with van der Waals surface area (Å²) in [5.74, 6) is 0.586. The van der Waals surface area contributed by atoms with Gasteiger partial charge in [-0.15, -0.1) is 0 Å². The van der Waals surface area contributed by atoms with E-state index >= 15 is 0 Å². The predicted octanol–water partition coefficient (Wildman–Crippen LogP) is 3.05. The first-order valence-corrected chi connectivity index (χ1v) is 8.63. The average Bonchev–Trinajstić information content (AvgIpc) is 2.98. The molecule has 1 aromatic carbocycles. The van der Waals surface area contributed by atoms with E-state index in [1.54, 1.807) is 20.1 Å². The maximum atomic E-state index is 12.9. The third-order valence-corrected chi connectivity index (χ3v) is 4.98. The maximum absolute atomic E-state index is 12.9. The lowest BCUT2D eigenvalue weighted by molar-refractivity contribution is -0.146. The molecule has 134 valence electrons. The number of benzene rings is 1. The van der Waals surface area contributed by atoms with E-state index in [0.717, 1.165) is 24.8 Å². The zero-order chi connectivity index (χ0) is 18.0. The Balaban J connectivity index is 1.93. The van der Waals surface area contributed by atoms with Crippen molar-refractivity contribution >= 4 is 12.0 Å². The van der Waals surface area contributed by atoms with Crippen LogP contribution in [0.25, 0.3) is 0 Å². The van der Waals surface area contributed by atoms with Gasteiger partial charge in [0.1, 0.15) is 11.9 Å². The van der Waals surface area contributed by atoms with Gasteiger partial charge in [-0.3, -0.25) is 0 Å². The molecular weight excluding hydrogens is 320 g/mol. The molecule has 3 atom stereocenters. The van der Waals surface area contributed by atoms with Crippen LogP contribution in [0, 0.1) is 5.92 Å². The molecule has 3 rings (SSSR count). The van der Waals surface area contributed by atoms with Crippen molar-refractivity contribution in [2.45, 2.75) is 45.3 Å². The van der Waals surface area contributed by atoms with E-state index in [1.807, 2.05) is 18.2 Å². The molecule has 1 aliphatic heterocycles. The van der Waals surface area contributed by atoms with Gasteiger partial charge in [0.15, 0.2) is 0 Å². The Labute approximate surface area is 147 Å². The minimum absolute atomic E-state index is 0.0660. The van der Waals surface area contributed by atoms with E-state index in [0.29, 0.717) is 22.9 Å². The maximum Gasteiger partial charge on any atom is 0.338 e.